The Balaban J connectivity index is 2.56. The summed E-state index contributed by atoms with van der Waals surface area (Å²) < 4.78 is 5.22. The normalized spacial score (nSPS) is 36.6. The molecule has 0 bridgehead atoms. The molecule has 2 heteroatoms. The fourth-order valence-corrected chi connectivity index (χ4v) is 0.790. The topological polar surface area (TPSA) is 21.6 Å². The van der Waals surface area contributed by atoms with Gasteiger partial charge in [0.1, 0.15) is 6.10 Å². The minimum Gasteiger partial charge on any atom is -0.476 e. The van der Waals surface area contributed by atoms with Crippen molar-refractivity contribution in [2.45, 2.75) is 32.9 Å². The van der Waals surface area contributed by atoms with Crippen molar-refractivity contribution in [1.29, 1.82) is 0 Å². The summed E-state index contributed by atoms with van der Waals surface area (Å²) in [5.41, 5.74) is 0. The van der Waals surface area contributed by atoms with Crippen LogP contribution in [0.25, 0.3) is 0 Å². The Hall–Kier alpha value is -0.530. The van der Waals surface area contributed by atoms with Gasteiger partial charge in [-0.1, -0.05) is 0 Å². The van der Waals surface area contributed by atoms with E-state index in [1.54, 1.807) is 0 Å². The van der Waals surface area contributed by atoms with Gasteiger partial charge in [0.15, 0.2) is 5.90 Å². The van der Waals surface area contributed by atoms with Gasteiger partial charge >= 0.3 is 0 Å². The number of rotatable bonds is 0. The number of nitrogens with zero attached hydrogens (tertiary/aromatic N) is 1. The predicted molar refractivity (Wildman–Crippen MR) is 33.1 cm³/mol. The summed E-state index contributed by atoms with van der Waals surface area (Å²) in [5.74, 6) is 0.824. The first kappa shape index (κ1) is 5.60. The number of aliphatic imine (C=N–C) groups is 1. The van der Waals surface area contributed by atoms with E-state index in [2.05, 4.69) is 11.9 Å². The summed E-state index contributed by atoms with van der Waals surface area (Å²) in [6.07, 6.45) is 0.287. The lowest BCUT2D eigenvalue weighted by molar-refractivity contribution is 0.217. The monoisotopic (exact) mass is 113 g/mol. The molecule has 0 N–H and O–H groups in total. The second-order valence-corrected chi connectivity index (χ2v) is 2.21. The molecule has 0 aromatic carbocycles. The quantitative estimate of drug-likeness (QED) is 0.462. The zero-order chi connectivity index (χ0) is 6.15. The molecule has 0 saturated heterocycles. The predicted octanol–water partition coefficient (Wildman–Crippen LogP) is 1.21. The average Bonchev–Trinajstić information content (AvgIpc) is 1.85. The smallest absolute Gasteiger partial charge is 0.180 e. The van der Waals surface area contributed by atoms with Gasteiger partial charge in [0, 0.05) is 6.92 Å². The maximum atomic E-state index is 5.22. The second-order valence-electron chi connectivity index (χ2n) is 2.21. The molecule has 2 atom stereocenters. The first-order valence-electron chi connectivity index (χ1n) is 2.91. The van der Waals surface area contributed by atoms with Crippen LogP contribution >= 0.6 is 0 Å². The standard InChI is InChI=1S/C6H11NO/c1-4-5(2)8-6(3)7-4/h4-5H,1-3H3/t4-,5-/m1/s1. The van der Waals surface area contributed by atoms with Gasteiger partial charge in [0.05, 0.1) is 6.04 Å². The molecule has 2 nitrogen and oxygen atoms in total. The lowest BCUT2D eigenvalue weighted by atomic mass is 10.2. The van der Waals surface area contributed by atoms with Crippen LogP contribution in [0, 0.1) is 0 Å². The molecule has 1 aliphatic rings. The van der Waals surface area contributed by atoms with Crippen LogP contribution in [0.5, 0.6) is 0 Å². The third-order valence-electron chi connectivity index (χ3n) is 1.42. The number of hydrogen-bond donors (Lipinski definition) is 0. The fraction of sp³-hybridized carbons (Fsp3) is 0.833. The minimum atomic E-state index is 0.287. The van der Waals surface area contributed by atoms with Crippen LogP contribution in [0.1, 0.15) is 20.8 Å². The van der Waals surface area contributed by atoms with E-state index in [0.717, 1.165) is 5.90 Å². The van der Waals surface area contributed by atoms with Crippen molar-refractivity contribution < 1.29 is 4.74 Å². The first-order chi connectivity index (χ1) is 3.70. The molecular weight excluding hydrogens is 102 g/mol. The van der Waals surface area contributed by atoms with Gasteiger partial charge in [-0.15, -0.1) is 0 Å². The SMILES string of the molecule is CC1=N[C@H](C)[C@@H](C)O1. The van der Waals surface area contributed by atoms with Crippen molar-refractivity contribution in [2.75, 3.05) is 0 Å². The van der Waals surface area contributed by atoms with E-state index in [1.165, 1.54) is 0 Å². The van der Waals surface area contributed by atoms with E-state index in [-0.39, 0.29) is 6.10 Å². The van der Waals surface area contributed by atoms with Crippen LogP contribution in [-0.4, -0.2) is 18.0 Å². The van der Waals surface area contributed by atoms with Crippen molar-refractivity contribution in [3.63, 3.8) is 0 Å². The summed E-state index contributed by atoms with van der Waals surface area (Å²) in [5, 5.41) is 0. The summed E-state index contributed by atoms with van der Waals surface area (Å²) in [4.78, 5) is 4.16. The Kier molecular flexibility index (Phi) is 1.24. The molecule has 0 unspecified atom stereocenters. The summed E-state index contributed by atoms with van der Waals surface area (Å²) in [7, 11) is 0. The summed E-state index contributed by atoms with van der Waals surface area (Å²) >= 11 is 0. The highest BCUT2D eigenvalue weighted by molar-refractivity contribution is 5.75. The summed E-state index contributed by atoms with van der Waals surface area (Å²) in [6, 6.07) is 0.356. The van der Waals surface area contributed by atoms with Gasteiger partial charge in [-0.2, -0.15) is 0 Å². The Morgan fingerprint density at radius 1 is 1.50 bits per heavy atom. The highest BCUT2D eigenvalue weighted by atomic mass is 16.5. The number of hydrogen-bond acceptors (Lipinski definition) is 2. The van der Waals surface area contributed by atoms with Crippen LogP contribution in [0.4, 0.5) is 0 Å². The molecular formula is C6H11NO. The average molecular weight is 113 g/mol. The van der Waals surface area contributed by atoms with Crippen LogP contribution in [-0.2, 0) is 4.74 Å². The lowest BCUT2D eigenvalue weighted by Crippen LogP contribution is -2.13. The molecule has 0 radical (unpaired) electrons. The van der Waals surface area contributed by atoms with Crippen LogP contribution in [0.15, 0.2) is 4.99 Å². The highest BCUT2D eigenvalue weighted by Crippen LogP contribution is 2.10. The Morgan fingerprint density at radius 3 is 2.25 bits per heavy atom. The minimum absolute atomic E-state index is 0.287. The molecule has 46 valence electrons. The molecule has 0 spiro atoms. The molecule has 1 aliphatic heterocycles. The van der Waals surface area contributed by atoms with Gasteiger partial charge in [0.2, 0.25) is 0 Å². The van der Waals surface area contributed by atoms with Crippen LogP contribution < -0.4 is 0 Å². The molecule has 0 fully saturated rings. The van der Waals surface area contributed by atoms with Gasteiger partial charge < -0.3 is 4.74 Å². The van der Waals surface area contributed by atoms with Crippen molar-refractivity contribution in [3.05, 3.63) is 0 Å². The summed E-state index contributed by atoms with van der Waals surface area (Å²) in [6.45, 7) is 5.98. The van der Waals surface area contributed by atoms with Crippen molar-refractivity contribution in [1.82, 2.24) is 0 Å². The van der Waals surface area contributed by atoms with Crippen LogP contribution in [0.2, 0.25) is 0 Å². The van der Waals surface area contributed by atoms with Crippen molar-refractivity contribution in [3.8, 4) is 0 Å². The molecule has 0 aromatic rings. The molecule has 1 heterocycles. The molecule has 0 saturated carbocycles. The third kappa shape index (κ3) is 0.831. The molecule has 0 aromatic heterocycles. The van der Waals surface area contributed by atoms with E-state index in [1.807, 2.05) is 13.8 Å². The molecule has 8 heavy (non-hydrogen) atoms. The van der Waals surface area contributed by atoms with E-state index >= 15 is 0 Å². The third-order valence-corrected chi connectivity index (χ3v) is 1.42. The zero-order valence-electron chi connectivity index (χ0n) is 5.51. The lowest BCUT2D eigenvalue weighted by Gasteiger charge is -2.05. The van der Waals surface area contributed by atoms with Gasteiger partial charge in [0.25, 0.3) is 0 Å². The Morgan fingerprint density at radius 2 is 2.12 bits per heavy atom. The van der Waals surface area contributed by atoms with Gasteiger partial charge in [-0.3, -0.25) is 0 Å². The maximum absolute atomic E-state index is 5.22. The van der Waals surface area contributed by atoms with Crippen LogP contribution in [0.3, 0.4) is 0 Å². The highest BCUT2D eigenvalue weighted by Gasteiger charge is 2.19. The van der Waals surface area contributed by atoms with E-state index < -0.39 is 0 Å². The molecule has 0 aliphatic carbocycles. The maximum Gasteiger partial charge on any atom is 0.180 e. The van der Waals surface area contributed by atoms with Crippen molar-refractivity contribution in [2.24, 2.45) is 4.99 Å². The van der Waals surface area contributed by atoms with E-state index in [9.17, 15) is 0 Å². The van der Waals surface area contributed by atoms with Crippen molar-refractivity contribution >= 4 is 5.90 Å². The Bertz CT molecular complexity index is 120. The Labute approximate surface area is 49.6 Å². The van der Waals surface area contributed by atoms with Gasteiger partial charge in [-0.05, 0) is 13.8 Å². The molecule has 1 rings (SSSR count). The largest absolute Gasteiger partial charge is 0.476 e. The zero-order valence-corrected chi connectivity index (χ0v) is 5.51. The number of ether oxygens (including phenoxy) is 1. The fourth-order valence-electron chi connectivity index (χ4n) is 0.790. The van der Waals surface area contributed by atoms with E-state index in [4.69, 9.17) is 4.74 Å². The second kappa shape index (κ2) is 1.77. The molecule has 0 amide bonds. The first-order valence-corrected chi connectivity index (χ1v) is 2.91. The van der Waals surface area contributed by atoms with Gasteiger partial charge in [-0.25, -0.2) is 4.99 Å². The van der Waals surface area contributed by atoms with E-state index in [0.29, 0.717) is 6.04 Å².